The second-order valence-electron chi connectivity index (χ2n) is 9.04. The molecule has 2 saturated heterocycles. The van der Waals surface area contributed by atoms with Crippen molar-refractivity contribution in [2.24, 2.45) is 5.92 Å². The van der Waals surface area contributed by atoms with Gasteiger partial charge in [0.05, 0.1) is 18.8 Å². The van der Waals surface area contributed by atoms with Crippen LogP contribution in [0.15, 0.2) is 5.38 Å². The average Bonchev–Trinajstić information content (AvgIpc) is 3.40. The number of amides is 1. The molecule has 0 aromatic carbocycles. The lowest BCUT2D eigenvalue weighted by Crippen LogP contribution is -2.47. The first kappa shape index (κ1) is 21.2. The molecule has 0 spiro atoms. The zero-order valence-corrected chi connectivity index (χ0v) is 18.5. The van der Waals surface area contributed by atoms with E-state index < -0.39 is 5.60 Å². The van der Waals surface area contributed by atoms with E-state index in [4.69, 9.17) is 9.72 Å². The second kappa shape index (κ2) is 9.41. The Morgan fingerprint density at radius 2 is 1.97 bits per heavy atom. The van der Waals surface area contributed by atoms with Gasteiger partial charge in [-0.3, -0.25) is 9.69 Å². The molecule has 1 aliphatic carbocycles. The van der Waals surface area contributed by atoms with Crippen molar-refractivity contribution in [2.45, 2.75) is 76.0 Å². The Kier molecular flexibility index (Phi) is 6.89. The first-order chi connectivity index (χ1) is 14.1. The number of aliphatic hydroxyl groups is 1. The number of aromatic nitrogens is 1. The highest BCUT2D eigenvalue weighted by molar-refractivity contribution is 7.09. The Morgan fingerprint density at radius 3 is 2.69 bits per heavy atom. The second-order valence-corrected chi connectivity index (χ2v) is 9.98. The van der Waals surface area contributed by atoms with Gasteiger partial charge in [-0.2, -0.15) is 0 Å². The van der Waals surface area contributed by atoms with Crippen LogP contribution in [0.2, 0.25) is 0 Å². The van der Waals surface area contributed by atoms with Crippen LogP contribution in [0.5, 0.6) is 0 Å². The Hall–Kier alpha value is -1.02. The highest BCUT2D eigenvalue weighted by Gasteiger charge is 2.39. The minimum absolute atomic E-state index is 0.210. The lowest BCUT2D eigenvalue weighted by molar-refractivity contribution is -0.141. The topological polar surface area (TPSA) is 65.9 Å². The lowest BCUT2D eigenvalue weighted by Gasteiger charge is -2.39. The van der Waals surface area contributed by atoms with Gasteiger partial charge >= 0.3 is 0 Å². The Morgan fingerprint density at radius 1 is 1.21 bits per heavy atom. The van der Waals surface area contributed by atoms with Gasteiger partial charge in [-0.05, 0) is 45.1 Å². The van der Waals surface area contributed by atoms with Gasteiger partial charge in [0.15, 0.2) is 0 Å². The molecule has 6 nitrogen and oxygen atoms in total. The van der Waals surface area contributed by atoms with Gasteiger partial charge < -0.3 is 14.7 Å². The largest absolute Gasteiger partial charge is 0.383 e. The van der Waals surface area contributed by atoms with Crippen LogP contribution in [0.4, 0.5) is 0 Å². The third kappa shape index (κ3) is 4.84. The molecule has 1 aromatic heterocycles. The van der Waals surface area contributed by atoms with Crippen LogP contribution in [0.25, 0.3) is 0 Å². The van der Waals surface area contributed by atoms with Crippen molar-refractivity contribution >= 4 is 17.2 Å². The third-order valence-corrected chi connectivity index (χ3v) is 7.92. The third-order valence-electron chi connectivity index (χ3n) is 7.08. The molecule has 2 aliphatic heterocycles. The molecule has 1 atom stereocenters. The molecule has 0 radical (unpaired) electrons. The van der Waals surface area contributed by atoms with Gasteiger partial charge in [0.1, 0.15) is 10.6 Å². The fourth-order valence-corrected chi connectivity index (χ4v) is 6.13. The van der Waals surface area contributed by atoms with Crippen molar-refractivity contribution in [3.8, 4) is 0 Å². The van der Waals surface area contributed by atoms with Gasteiger partial charge in [-0.15, -0.1) is 11.3 Å². The van der Waals surface area contributed by atoms with Gasteiger partial charge in [0.25, 0.3) is 0 Å². The average molecular weight is 422 g/mol. The maximum atomic E-state index is 12.8. The molecular formula is C22H35N3O3S. The van der Waals surface area contributed by atoms with Crippen molar-refractivity contribution in [1.82, 2.24) is 14.8 Å². The van der Waals surface area contributed by atoms with Crippen LogP contribution < -0.4 is 0 Å². The summed E-state index contributed by atoms with van der Waals surface area (Å²) in [7, 11) is 1.76. The minimum Gasteiger partial charge on any atom is -0.383 e. The molecule has 3 heterocycles. The van der Waals surface area contributed by atoms with E-state index in [2.05, 4.69) is 4.90 Å². The maximum absolute atomic E-state index is 12.8. The Labute approximate surface area is 178 Å². The number of likely N-dealkylation sites (tertiary alicyclic amines) is 2. The van der Waals surface area contributed by atoms with Crippen molar-refractivity contribution in [2.75, 3.05) is 33.4 Å². The number of rotatable bonds is 6. The zero-order chi connectivity index (χ0) is 20.3. The summed E-state index contributed by atoms with van der Waals surface area (Å²) in [5, 5.41) is 14.3. The number of methoxy groups -OCH3 is 1. The predicted octanol–water partition coefficient (Wildman–Crippen LogP) is 3.14. The summed E-state index contributed by atoms with van der Waals surface area (Å²) in [6.07, 6.45) is 9.26. The molecule has 1 saturated carbocycles. The summed E-state index contributed by atoms with van der Waals surface area (Å²) in [6.45, 7) is 3.97. The quantitative estimate of drug-likeness (QED) is 0.764. The Balaban J connectivity index is 1.33. The summed E-state index contributed by atoms with van der Waals surface area (Å²) in [5.74, 6) is 0.519. The monoisotopic (exact) mass is 421 g/mol. The van der Waals surface area contributed by atoms with E-state index in [-0.39, 0.29) is 5.92 Å². The molecule has 3 fully saturated rings. The molecule has 1 unspecified atom stereocenters. The first-order valence-corrected chi connectivity index (χ1v) is 12.2. The van der Waals surface area contributed by atoms with Crippen molar-refractivity contribution in [3.63, 3.8) is 0 Å². The van der Waals surface area contributed by atoms with Gasteiger partial charge in [0, 0.05) is 37.5 Å². The molecule has 1 aromatic rings. The molecule has 1 amide bonds. The number of ether oxygens (including phenoxy) is 1. The molecular weight excluding hydrogens is 386 g/mol. The van der Waals surface area contributed by atoms with E-state index in [9.17, 15) is 9.90 Å². The molecule has 4 rings (SSSR count). The standard InChI is InChI=1S/C22H35N3O3S/c1-28-15-18-8-5-11-25(18)14-20-23-19(16-29-20)22(27)9-12-24(13-10-22)21(26)17-6-3-2-4-7-17/h16-18,27H,2-15H2,1H3. The summed E-state index contributed by atoms with van der Waals surface area (Å²) < 4.78 is 5.35. The van der Waals surface area contributed by atoms with Crippen molar-refractivity contribution in [3.05, 3.63) is 16.1 Å². The normalized spacial score (nSPS) is 26.1. The van der Waals surface area contributed by atoms with E-state index in [1.165, 1.54) is 32.1 Å². The van der Waals surface area contributed by atoms with Crippen LogP contribution in [0, 0.1) is 5.92 Å². The SMILES string of the molecule is COCC1CCCN1Cc1nc(C2(O)CCN(C(=O)C3CCCCC3)CC2)cs1. The molecule has 1 N–H and O–H groups in total. The summed E-state index contributed by atoms with van der Waals surface area (Å²) in [5.41, 5.74) is -0.0977. The number of carbonyl (C=O) groups is 1. The highest BCUT2D eigenvalue weighted by atomic mass is 32.1. The number of carbonyl (C=O) groups excluding carboxylic acids is 1. The molecule has 3 aliphatic rings. The summed E-state index contributed by atoms with van der Waals surface area (Å²) in [6, 6.07) is 0.476. The number of hydrogen-bond donors (Lipinski definition) is 1. The number of thiazole rings is 1. The van der Waals surface area contributed by atoms with Crippen LogP contribution in [0.1, 0.15) is 68.5 Å². The van der Waals surface area contributed by atoms with E-state index in [0.29, 0.717) is 37.9 Å². The fraction of sp³-hybridized carbons (Fsp3) is 0.818. The Bertz CT molecular complexity index is 681. The smallest absolute Gasteiger partial charge is 0.225 e. The number of nitrogens with zero attached hydrogens (tertiary/aromatic N) is 3. The number of piperidine rings is 1. The van der Waals surface area contributed by atoms with E-state index in [0.717, 1.165) is 43.2 Å². The summed E-state index contributed by atoms with van der Waals surface area (Å²) in [4.78, 5) is 22.0. The van der Waals surface area contributed by atoms with Crippen LogP contribution in [-0.2, 0) is 21.7 Å². The molecule has 29 heavy (non-hydrogen) atoms. The van der Waals surface area contributed by atoms with Crippen LogP contribution in [-0.4, -0.2) is 65.2 Å². The predicted molar refractivity (Wildman–Crippen MR) is 114 cm³/mol. The highest BCUT2D eigenvalue weighted by Crippen LogP contribution is 2.35. The van der Waals surface area contributed by atoms with Crippen molar-refractivity contribution in [1.29, 1.82) is 0 Å². The van der Waals surface area contributed by atoms with E-state index >= 15 is 0 Å². The first-order valence-electron chi connectivity index (χ1n) is 11.3. The number of hydrogen-bond acceptors (Lipinski definition) is 6. The minimum atomic E-state index is -0.894. The molecule has 0 bridgehead atoms. The zero-order valence-electron chi connectivity index (χ0n) is 17.6. The van der Waals surface area contributed by atoms with E-state index in [1.54, 1.807) is 18.4 Å². The maximum Gasteiger partial charge on any atom is 0.225 e. The molecule has 7 heteroatoms. The van der Waals surface area contributed by atoms with Gasteiger partial charge in [0.2, 0.25) is 5.91 Å². The van der Waals surface area contributed by atoms with Crippen LogP contribution >= 0.6 is 11.3 Å². The fourth-order valence-electron chi connectivity index (χ4n) is 5.22. The van der Waals surface area contributed by atoms with Gasteiger partial charge in [-0.1, -0.05) is 19.3 Å². The molecule has 162 valence electrons. The van der Waals surface area contributed by atoms with E-state index in [1.807, 2.05) is 10.3 Å². The van der Waals surface area contributed by atoms with Crippen LogP contribution in [0.3, 0.4) is 0 Å². The summed E-state index contributed by atoms with van der Waals surface area (Å²) >= 11 is 1.64. The lowest BCUT2D eigenvalue weighted by atomic mass is 9.85. The van der Waals surface area contributed by atoms with Crippen molar-refractivity contribution < 1.29 is 14.6 Å². The van der Waals surface area contributed by atoms with Gasteiger partial charge in [-0.25, -0.2) is 4.98 Å².